The van der Waals surface area contributed by atoms with Crippen LogP contribution in [-0.4, -0.2) is 28.9 Å². The van der Waals surface area contributed by atoms with Crippen molar-refractivity contribution in [3.05, 3.63) is 64.8 Å². The summed E-state index contributed by atoms with van der Waals surface area (Å²) < 4.78 is 42.3. The Labute approximate surface area is 159 Å². The molecule has 27 heavy (non-hydrogen) atoms. The largest absolute Gasteiger partial charge is 0.332 e. The van der Waals surface area contributed by atoms with Crippen LogP contribution in [0.1, 0.15) is 16.1 Å². The number of carbonyl (C=O) groups excluding carboxylic acids is 1. The van der Waals surface area contributed by atoms with Crippen LogP contribution < -0.4 is 4.72 Å². The van der Waals surface area contributed by atoms with Crippen molar-refractivity contribution in [2.45, 2.75) is 11.8 Å². The second-order valence-corrected chi connectivity index (χ2v) is 7.74. The summed E-state index contributed by atoms with van der Waals surface area (Å²) in [6, 6.07) is 7.21. The number of hydrogen-bond donors (Lipinski definition) is 1. The fraction of sp³-hybridized carbons (Fsp3) is 0.118. The number of imidazole rings is 1. The van der Waals surface area contributed by atoms with Crippen molar-refractivity contribution in [3.8, 4) is 11.5 Å². The summed E-state index contributed by atoms with van der Waals surface area (Å²) in [6.07, 6.45) is 2.67. The van der Waals surface area contributed by atoms with Crippen molar-refractivity contribution >= 4 is 27.5 Å². The monoisotopic (exact) mass is 408 g/mol. The third kappa shape index (κ3) is 3.69. The van der Waals surface area contributed by atoms with Gasteiger partial charge in [0.25, 0.3) is 15.9 Å². The summed E-state index contributed by atoms with van der Waals surface area (Å²) >= 11 is 5.97. The summed E-state index contributed by atoms with van der Waals surface area (Å²) in [5.74, 6) is -1.49. The number of halogens is 2. The molecule has 3 aromatic rings. The Kier molecular flexibility index (Phi) is 4.99. The van der Waals surface area contributed by atoms with E-state index in [1.165, 1.54) is 35.2 Å². The Hall–Kier alpha value is -2.78. The number of aryl methyl sites for hydroxylation is 2. The Morgan fingerprint density at radius 3 is 2.67 bits per heavy atom. The molecule has 0 saturated carbocycles. The predicted octanol–water partition coefficient (Wildman–Crippen LogP) is 2.70. The molecule has 0 aliphatic heterocycles. The Bertz CT molecular complexity index is 1120. The highest BCUT2D eigenvalue weighted by Crippen LogP contribution is 2.25. The first-order valence-electron chi connectivity index (χ1n) is 7.67. The fourth-order valence-corrected chi connectivity index (χ4v) is 4.32. The lowest BCUT2D eigenvalue weighted by Gasteiger charge is -2.09. The smallest absolute Gasteiger partial charge is 0.285 e. The molecule has 2 heterocycles. The lowest BCUT2D eigenvalue weighted by Crippen LogP contribution is -2.31. The zero-order valence-corrected chi connectivity index (χ0v) is 15.8. The van der Waals surface area contributed by atoms with Gasteiger partial charge in [-0.15, -0.1) is 0 Å². The van der Waals surface area contributed by atoms with Gasteiger partial charge in [0.05, 0.1) is 5.02 Å². The molecule has 2 aromatic heterocycles. The normalized spacial score (nSPS) is 11.4. The van der Waals surface area contributed by atoms with Gasteiger partial charge in [0.1, 0.15) is 16.3 Å². The molecule has 3 rings (SSSR count). The van der Waals surface area contributed by atoms with E-state index in [-0.39, 0.29) is 27.1 Å². The molecule has 0 atom stereocenters. The molecule has 0 unspecified atom stereocenters. The van der Waals surface area contributed by atoms with Crippen LogP contribution in [0.15, 0.2) is 47.6 Å². The van der Waals surface area contributed by atoms with Gasteiger partial charge in [-0.3, -0.25) is 4.79 Å². The van der Waals surface area contributed by atoms with Gasteiger partial charge < -0.3 is 4.57 Å². The molecule has 0 spiro atoms. The number of sulfonamides is 1. The van der Waals surface area contributed by atoms with E-state index in [0.717, 1.165) is 0 Å². The summed E-state index contributed by atoms with van der Waals surface area (Å²) in [5, 5.41) is -0.00688. The third-order valence-corrected chi connectivity index (χ3v) is 5.70. The van der Waals surface area contributed by atoms with Crippen molar-refractivity contribution < 1.29 is 17.6 Å². The van der Waals surface area contributed by atoms with Gasteiger partial charge in [-0.25, -0.2) is 27.5 Å². The highest BCUT2D eigenvalue weighted by Gasteiger charge is 2.25. The van der Waals surface area contributed by atoms with Gasteiger partial charge in [0.2, 0.25) is 0 Å². The van der Waals surface area contributed by atoms with Crippen LogP contribution in [0.4, 0.5) is 4.39 Å². The van der Waals surface area contributed by atoms with Gasteiger partial charge in [-0.2, -0.15) is 0 Å². The highest BCUT2D eigenvalue weighted by molar-refractivity contribution is 7.90. The van der Waals surface area contributed by atoms with E-state index in [2.05, 4.69) is 9.97 Å². The number of hydrogen-bond acceptors (Lipinski definition) is 5. The molecule has 0 radical (unpaired) electrons. The van der Waals surface area contributed by atoms with Crippen molar-refractivity contribution in [1.29, 1.82) is 0 Å². The molecule has 0 bridgehead atoms. The van der Waals surface area contributed by atoms with Gasteiger partial charge in [0.15, 0.2) is 11.6 Å². The first-order valence-corrected chi connectivity index (χ1v) is 9.53. The SMILES string of the molecule is Cc1cccc(Cl)c1S(=O)(=O)NC(=O)c1cn(C)c(-c2ncccc2F)n1. The molecule has 1 aromatic carbocycles. The highest BCUT2D eigenvalue weighted by atomic mass is 35.5. The van der Waals surface area contributed by atoms with Crippen LogP contribution in [0.5, 0.6) is 0 Å². The third-order valence-electron chi connectivity index (χ3n) is 3.74. The molecular formula is C17H14ClFN4O3S. The average molecular weight is 409 g/mol. The second-order valence-electron chi connectivity index (χ2n) is 5.71. The van der Waals surface area contributed by atoms with Crippen molar-refractivity contribution in [1.82, 2.24) is 19.3 Å². The number of amides is 1. The van der Waals surface area contributed by atoms with Crippen LogP contribution in [-0.2, 0) is 17.1 Å². The molecular weight excluding hydrogens is 395 g/mol. The Balaban J connectivity index is 1.94. The van der Waals surface area contributed by atoms with Gasteiger partial charge in [-0.1, -0.05) is 23.7 Å². The average Bonchev–Trinajstić information content (AvgIpc) is 2.96. The topological polar surface area (TPSA) is 94.0 Å². The van der Waals surface area contributed by atoms with Crippen LogP contribution in [0.3, 0.4) is 0 Å². The van der Waals surface area contributed by atoms with E-state index >= 15 is 0 Å². The molecule has 0 aliphatic carbocycles. The lowest BCUT2D eigenvalue weighted by atomic mass is 10.2. The first-order chi connectivity index (χ1) is 12.7. The molecule has 1 amide bonds. The molecule has 140 valence electrons. The second kappa shape index (κ2) is 7.09. The van der Waals surface area contributed by atoms with Crippen LogP contribution in [0.2, 0.25) is 5.02 Å². The van der Waals surface area contributed by atoms with Gasteiger partial charge in [-0.05, 0) is 30.7 Å². The number of benzene rings is 1. The van der Waals surface area contributed by atoms with Gasteiger partial charge in [0, 0.05) is 19.4 Å². The molecule has 10 heteroatoms. The zero-order valence-electron chi connectivity index (χ0n) is 14.3. The van der Waals surface area contributed by atoms with E-state index in [0.29, 0.717) is 5.56 Å². The lowest BCUT2D eigenvalue weighted by molar-refractivity contribution is 0.0977. The van der Waals surface area contributed by atoms with Gasteiger partial charge >= 0.3 is 0 Å². The van der Waals surface area contributed by atoms with E-state index in [1.807, 2.05) is 4.72 Å². The molecule has 0 saturated heterocycles. The maximum absolute atomic E-state index is 13.9. The summed E-state index contributed by atoms with van der Waals surface area (Å²) in [4.78, 5) is 20.1. The van der Waals surface area contributed by atoms with Crippen LogP contribution >= 0.6 is 11.6 Å². The maximum atomic E-state index is 13.9. The van der Waals surface area contributed by atoms with Crippen molar-refractivity contribution in [2.24, 2.45) is 7.05 Å². The minimum Gasteiger partial charge on any atom is -0.332 e. The summed E-state index contributed by atoms with van der Waals surface area (Å²) in [7, 11) is -2.67. The Morgan fingerprint density at radius 1 is 1.26 bits per heavy atom. The minimum atomic E-state index is -4.22. The number of nitrogens with zero attached hydrogens (tertiary/aromatic N) is 3. The van der Waals surface area contributed by atoms with E-state index < -0.39 is 21.7 Å². The number of carbonyl (C=O) groups is 1. The number of aromatic nitrogens is 3. The van der Waals surface area contributed by atoms with Crippen LogP contribution in [0, 0.1) is 12.7 Å². The minimum absolute atomic E-state index is 0.00688. The van der Waals surface area contributed by atoms with Crippen molar-refractivity contribution in [2.75, 3.05) is 0 Å². The molecule has 0 fully saturated rings. The predicted molar refractivity (Wildman–Crippen MR) is 97.2 cm³/mol. The molecule has 0 aliphatic rings. The molecule has 7 nitrogen and oxygen atoms in total. The fourth-order valence-electron chi connectivity index (χ4n) is 2.53. The zero-order chi connectivity index (χ0) is 19.8. The van der Waals surface area contributed by atoms with E-state index in [4.69, 9.17) is 11.6 Å². The molecule has 1 N–H and O–H groups in total. The maximum Gasteiger partial charge on any atom is 0.285 e. The number of rotatable bonds is 4. The number of pyridine rings is 1. The standard InChI is InChI=1S/C17H14ClFN4O3S/c1-10-5-3-6-11(18)15(10)27(25,26)22-17(24)13-9-23(2)16(21-13)14-12(19)7-4-8-20-14/h3-9H,1-2H3,(H,22,24). The number of nitrogens with one attached hydrogen (secondary N) is 1. The summed E-state index contributed by atoms with van der Waals surface area (Å²) in [5.41, 5.74) is 0.134. The first kappa shape index (κ1) is 19.0. The van der Waals surface area contributed by atoms with Crippen LogP contribution in [0.25, 0.3) is 11.5 Å². The van der Waals surface area contributed by atoms with E-state index in [1.54, 1.807) is 26.1 Å². The Morgan fingerprint density at radius 2 is 2.00 bits per heavy atom. The van der Waals surface area contributed by atoms with E-state index in [9.17, 15) is 17.6 Å². The van der Waals surface area contributed by atoms with Crippen molar-refractivity contribution in [3.63, 3.8) is 0 Å². The quantitative estimate of drug-likeness (QED) is 0.716. The summed E-state index contributed by atoms with van der Waals surface area (Å²) in [6.45, 7) is 1.56.